The molecule has 1 saturated carbocycles. The van der Waals surface area contributed by atoms with Gasteiger partial charge in [0.25, 0.3) is 0 Å². The topological polar surface area (TPSA) is 82.7 Å². The van der Waals surface area contributed by atoms with Gasteiger partial charge in [-0.2, -0.15) is 5.10 Å². The van der Waals surface area contributed by atoms with E-state index < -0.39 is 0 Å². The van der Waals surface area contributed by atoms with Crippen LogP contribution in [0.3, 0.4) is 0 Å². The lowest BCUT2D eigenvalue weighted by molar-refractivity contribution is 0.252. The number of anilines is 1. The van der Waals surface area contributed by atoms with Gasteiger partial charge < -0.3 is 5.32 Å². The molecule has 0 aliphatic heterocycles. The van der Waals surface area contributed by atoms with Gasteiger partial charge >= 0.3 is 6.03 Å². The fourth-order valence-corrected chi connectivity index (χ4v) is 3.59. The summed E-state index contributed by atoms with van der Waals surface area (Å²) in [5, 5.41) is 15.0. The van der Waals surface area contributed by atoms with Gasteiger partial charge in [0, 0.05) is 24.0 Å². The molecule has 1 aliphatic carbocycles. The van der Waals surface area contributed by atoms with Gasteiger partial charge in [-0.05, 0) is 24.8 Å². The second kappa shape index (κ2) is 7.40. The number of nitrogens with zero attached hydrogens (tertiary/aromatic N) is 2. The SMILES string of the molecule is O=C(NCCc1cn[nH]c1)Nc1nc(C2CCCCC2)cs1. The Morgan fingerprint density at radius 2 is 2.23 bits per heavy atom. The van der Waals surface area contributed by atoms with Gasteiger partial charge in [0.2, 0.25) is 0 Å². The van der Waals surface area contributed by atoms with E-state index in [1.807, 2.05) is 6.20 Å². The fraction of sp³-hybridized carbons (Fsp3) is 0.533. The molecule has 0 unspecified atom stereocenters. The van der Waals surface area contributed by atoms with E-state index in [1.165, 1.54) is 43.4 Å². The Labute approximate surface area is 133 Å². The second-order valence-electron chi connectivity index (χ2n) is 5.65. The predicted molar refractivity (Wildman–Crippen MR) is 87.3 cm³/mol. The van der Waals surface area contributed by atoms with Crippen LogP contribution in [-0.2, 0) is 6.42 Å². The average molecular weight is 319 g/mol. The largest absolute Gasteiger partial charge is 0.337 e. The maximum absolute atomic E-state index is 11.8. The molecule has 1 aliphatic rings. The van der Waals surface area contributed by atoms with E-state index >= 15 is 0 Å². The standard InChI is InChI=1S/C15H21N5OS/c21-14(16-7-6-11-8-17-18-9-11)20-15-19-13(10-22-15)12-4-2-1-3-5-12/h8-10,12H,1-7H2,(H,17,18)(H2,16,19,20,21). The molecule has 22 heavy (non-hydrogen) atoms. The van der Waals surface area contributed by atoms with Gasteiger partial charge in [-0.1, -0.05) is 19.3 Å². The van der Waals surface area contributed by atoms with Crippen molar-refractivity contribution in [2.75, 3.05) is 11.9 Å². The molecule has 1 fully saturated rings. The number of thiazole rings is 1. The van der Waals surface area contributed by atoms with Crippen molar-refractivity contribution in [1.29, 1.82) is 0 Å². The molecule has 0 bridgehead atoms. The molecule has 2 aromatic heterocycles. The number of rotatable bonds is 5. The minimum Gasteiger partial charge on any atom is -0.337 e. The zero-order valence-electron chi connectivity index (χ0n) is 12.5. The Morgan fingerprint density at radius 1 is 1.36 bits per heavy atom. The van der Waals surface area contributed by atoms with E-state index in [-0.39, 0.29) is 6.03 Å². The molecule has 3 N–H and O–H groups in total. The van der Waals surface area contributed by atoms with Crippen LogP contribution in [0.1, 0.15) is 49.3 Å². The van der Waals surface area contributed by atoms with Crippen LogP contribution in [0.5, 0.6) is 0 Å². The number of H-pyrrole nitrogens is 1. The number of carbonyl (C=O) groups is 1. The maximum Gasteiger partial charge on any atom is 0.321 e. The molecule has 2 aromatic rings. The lowest BCUT2D eigenvalue weighted by atomic mass is 9.87. The molecule has 0 spiro atoms. The van der Waals surface area contributed by atoms with Crippen molar-refractivity contribution in [2.45, 2.75) is 44.4 Å². The normalized spacial score (nSPS) is 15.6. The summed E-state index contributed by atoms with van der Waals surface area (Å²) in [6, 6.07) is -0.201. The van der Waals surface area contributed by atoms with E-state index in [0.29, 0.717) is 17.6 Å². The zero-order valence-corrected chi connectivity index (χ0v) is 13.3. The first-order valence-corrected chi connectivity index (χ1v) is 8.67. The van der Waals surface area contributed by atoms with E-state index in [1.54, 1.807) is 6.20 Å². The molecule has 118 valence electrons. The number of carbonyl (C=O) groups excluding carboxylic acids is 1. The Morgan fingerprint density at radius 3 is 3.00 bits per heavy atom. The van der Waals surface area contributed by atoms with Crippen LogP contribution in [0.15, 0.2) is 17.8 Å². The fourth-order valence-electron chi connectivity index (χ4n) is 2.81. The van der Waals surface area contributed by atoms with Crippen LogP contribution in [0.2, 0.25) is 0 Å². The smallest absolute Gasteiger partial charge is 0.321 e. The zero-order chi connectivity index (χ0) is 15.2. The van der Waals surface area contributed by atoms with E-state index in [4.69, 9.17) is 0 Å². The monoisotopic (exact) mass is 319 g/mol. The van der Waals surface area contributed by atoms with Crippen molar-refractivity contribution in [3.05, 3.63) is 29.0 Å². The highest BCUT2D eigenvalue weighted by molar-refractivity contribution is 7.13. The highest BCUT2D eigenvalue weighted by Crippen LogP contribution is 2.33. The van der Waals surface area contributed by atoms with Crippen molar-refractivity contribution in [3.8, 4) is 0 Å². The third-order valence-corrected chi connectivity index (χ3v) is 4.80. The molecule has 0 saturated heterocycles. The van der Waals surface area contributed by atoms with E-state index in [9.17, 15) is 4.79 Å². The number of aromatic amines is 1. The number of aromatic nitrogens is 3. The quantitative estimate of drug-likeness (QED) is 0.791. The van der Waals surface area contributed by atoms with Crippen LogP contribution >= 0.6 is 11.3 Å². The Kier molecular flexibility index (Phi) is 5.05. The summed E-state index contributed by atoms with van der Waals surface area (Å²) < 4.78 is 0. The van der Waals surface area contributed by atoms with Gasteiger partial charge in [-0.25, -0.2) is 9.78 Å². The predicted octanol–water partition coefficient (Wildman–Crippen LogP) is 3.28. The molecule has 3 rings (SSSR count). The first-order valence-electron chi connectivity index (χ1n) is 7.79. The minimum atomic E-state index is -0.201. The van der Waals surface area contributed by atoms with Crippen LogP contribution in [0.25, 0.3) is 0 Å². The van der Waals surface area contributed by atoms with Crippen molar-refractivity contribution < 1.29 is 4.79 Å². The molecule has 7 heteroatoms. The number of nitrogens with one attached hydrogen (secondary N) is 3. The highest BCUT2D eigenvalue weighted by Gasteiger charge is 2.18. The second-order valence-corrected chi connectivity index (χ2v) is 6.51. The molecule has 6 nitrogen and oxygen atoms in total. The average Bonchev–Trinajstić information content (AvgIpc) is 3.20. The van der Waals surface area contributed by atoms with Crippen LogP contribution in [-0.4, -0.2) is 27.8 Å². The van der Waals surface area contributed by atoms with Gasteiger partial charge in [-0.15, -0.1) is 11.3 Å². The summed E-state index contributed by atoms with van der Waals surface area (Å²) in [6.07, 6.45) is 10.7. The van der Waals surface area contributed by atoms with Gasteiger partial charge in [0.1, 0.15) is 0 Å². The maximum atomic E-state index is 11.8. The van der Waals surface area contributed by atoms with Gasteiger partial charge in [-0.3, -0.25) is 10.4 Å². The minimum absolute atomic E-state index is 0.201. The Bertz CT molecular complexity index is 589. The molecule has 0 aromatic carbocycles. The molecule has 2 heterocycles. The van der Waals surface area contributed by atoms with Crippen molar-refractivity contribution >= 4 is 22.5 Å². The van der Waals surface area contributed by atoms with Crippen molar-refractivity contribution in [1.82, 2.24) is 20.5 Å². The number of amides is 2. The number of urea groups is 1. The Hall–Kier alpha value is -1.89. The summed E-state index contributed by atoms with van der Waals surface area (Å²) >= 11 is 1.50. The molecule has 0 atom stereocenters. The lowest BCUT2D eigenvalue weighted by Crippen LogP contribution is -2.30. The van der Waals surface area contributed by atoms with Gasteiger partial charge in [0.05, 0.1) is 11.9 Å². The summed E-state index contributed by atoms with van der Waals surface area (Å²) in [4.78, 5) is 16.4. The summed E-state index contributed by atoms with van der Waals surface area (Å²) in [6.45, 7) is 0.576. The summed E-state index contributed by atoms with van der Waals surface area (Å²) in [5.41, 5.74) is 2.22. The summed E-state index contributed by atoms with van der Waals surface area (Å²) in [5.74, 6) is 0.574. The number of hydrogen-bond acceptors (Lipinski definition) is 4. The first kappa shape index (κ1) is 15.0. The third-order valence-electron chi connectivity index (χ3n) is 4.02. The summed E-state index contributed by atoms with van der Waals surface area (Å²) in [7, 11) is 0. The molecular formula is C15H21N5OS. The Balaban J connectivity index is 1.44. The van der Waals surface area contributed by atoms with Crippen LogP contribution in [0.4, 0.5) is 9.93 Å². The molecule has 2 amide bonds. The third kappa shape index (κ3) is 4.07. The molecule has 0 radical (unpaired) electrons. The van der Waals surface area contributed by atoms with E-state index in [0.717, 1.165) is 17.7 Å². The van der Waals surface area contributed by atoms with Crippen molar-refractivity contribution in [3.63, 3.8) is 0 Å². The van der Waals surface area contributed by atoms with Crippen LogP contribution in [0, 0.1) is 0 Å². The highest BCUT2D eigenvalue weighted by atomic mass is 32.1. The first-order chi connectivity index (χ1) is 10.8. The number of hydrogen-bond donors (Lipinski definition) is 3. The van der Waals surface area contributed by atoms with Gasteiger partial charge in [0.15, 0.2) is 5.13 Å². The van der Waals surface area contributed by atoms with Crippen LogP contribution < -0.4 is 10.6 Å². The van der Waals surface area contributed by atoms with E-state index in [2.05, 4.69) is 31.2 Å². The lowest BCUT2D eigenvalue weighted by Gasteiger charge is -2.19. The van der Waals surface area contributed by atoms with Crippen molar-refractivity contribution in [2.24, 2.45) is 0 Å². The molecular weight excluding hydrogens is 298 g/mol.